The molecule has 0 saturated heterocycles. The molecule has 18 heavy (non-hydrogen) atoms. The summed E-state index contributed by atoms with van der Waals surface area (Å²) >= 11 is 0. The molecule has 2 bridgehead atoms. The summed E-state index contributed by atoms with van der Waals surface area (Å²) in [6, 6.07) is 0.833. The second-order valence-corrected chi connectivity index (χ2v) is 6.10. The van der Waals surface area contributed by atoms with Gasteiger partial charge in [-0.05, 0) is 56.8 Å². The van der Waals surface area contributed by atoms with Crippen LogP contribution in [0.25, 0.3) is 0 Å². The molecule has 3 saturated carbocycles. The van der Waals surface area contributed by atoms with Crippen LogP contribution in [-0.4, -0.2) is 32.1 Å². The molecule has 4 unspecified atom stereocenters. The lowest BCUT2D eigenvalue weighted by Crippen LogP contribution is -2.28. The SMILES string of the molecule is CCOC(CCNC1C2C3CCC(C3)C12)OCC. The zero-order valence-corrected chi connectivity index (χ0v) is 11.7. The summed E-state index contributed by atoms with van der Waals surface area (Å²) in [6.07, 6.45) is 5.51. The quantitative estimate of drug-likeness (QED) is 0.674. The average Bonchev–Trinajstić information content (AvgIpc) is 2.77. The van der Waals surface area contributed by atoms with Gasteiger partial charge < -0.3 is 14.8 Å². The topological polar surface area (TPSA) is 30.5 Å². The van der Waals surface area contributed by atoms with E-state index in [0.717, 1.165) is 55.9 Å². The minimum Gasteiger partial charge on any atom is -0.353 e. The summed E-state index contributed by atoms with van der Waals surface area (Å²) in [5, 5.41) is 3.75. The van der Waals surface area contributed by atoms with E-state index in [1.54, 1.807) is 0 Å². The number of hydrogen-bond acceptors (Lipinski definition) is 3. The molecule has 3 rings (SSSR count). The third kappa shape index (κ3) is 2.33. The van der Waals surface area contributed by atoms with Crippen molar-refractivity contribution >= 4 is 0 Å². The van der Waals surface area contributed by atoms with Crippen LogP contribution in [0, 0.1) is 23.7 Å². The molecule has 0 aromatic carbocycles. The van der Waals surface area contributed by atoms with Gasteiger partial charge in [0.25, 0.3) is 0 Å². The molecule has 3 heteroatoms. The fraction of sp³-hybridized carbons (Fsp3) is 1.00. The van der Waals surface area contributed by atoms with E-state index in [1.807, 2.05) is 13.8 Å². The number of ether oxygens (including phenoxy) is 2. The van der Waals surface area contributed by atoms with Crippen LogP contribution in [0.4, 0.5) is 0 Å². The summed E-state index contributed by atoms with van der Waals surface area (Å²) in [5.74, 6) is 4.18. The van der Waals surface area contributed by atoms with Crippen molar-refractivity contribution in [2.45, 2.75) is 51.9 Å². The summed E-state index contributed by atoms with van der Waals surface area (Å²) in [6.45, 7) is 6.58. The van der Waals surface area contributed by atoms with E-state index in [9.17, 15) is 0 Å². The zero-order chi connectivity index (χ0) is 12.5. The highest BCUT2D eigenvalue weighted by Crippen LogP contribution is 2.65. The van der Waals surface area contributed by atoms with E-state index < -0.39 is 0 Å². The Morgan fingerprint density at radius 1 is 1.06 bits per heavy atom. The molecular formula is C15H27NO2. The molecule has 3 fully saturated rings. The Balaban J connectivity index is 1.36. The predicted octanol–water partition coefficient (Wildman–Crippen LogP) is 2.41. The van der Waals surface area contributed by atoms with Gasteiger partial charge in [-0.2, -0.15) is 0 Å². The van der Waals surface area contributed by atoms with Gasteiger partial charge in [0.1, 0.15) is 0 Å². The summed E-state index contributed by atoms with van der Waals surface area (Å²) in [7, 11) is 0. The Morgan fingerprint density at radius 2 is 1.67 bits per heavy atom. The molecule has 0 spiro atoms. The molecule has 0 aromatic rings. The first kappa shape index (κ1) is 12.9. The lowest BCUT2D eigenvalue weighted by Gasteiger charge is -2.17. The fourth-order valence-corrected chi connectivity index (χ4v) is 4.55. The molecule has 3 aliphatic carbocycles. The van der Waals surface area contributed by atoms with E-state index in [4.69, 9.17) is 9.47 Å². The van der Waals surface area contributed by atoms with Gasteiger partial charge in [-0.25, -0.2) is 0 Å². The molecule has 0 aliphatic heterocycles. The fourth-order valence-electron chi connectivity index (χ4n) is 4.55. The Hall–Kier alpha value is -0.120. The second-order valence-electron chi connectivity index (χ2n) is 6.10. The normalized spacial score (nSPS) is 40.5. The summed E-state index contributed by atoms with van der Waals surface area (Å²) in [4.78, 5) is 0. The number of fused-ring (bicyclic) bond motifs is 5. The zero-order valence-electron chi connectivity index (χ0n) is 11.7. The predicted molar refractivity (Wildman–Crippen MR) is 71.3 cm³/mol. The van der Waals surface area contributed by atoms with Crippen molar-refractivity contribution in [3.05, 3.63) is 0 Å². The van der Waals surface area contributed by atoms with Gasteiger partial charge in [0, 0.05) is 32.2 Å². The molecule has 0 amide bonds. The minimum absolute atomic E-state index is 0.0113. The van der Waals surface area contributed by atoms with Crippen molar-refractivity contribution in [3.8, 4) is 0 Å². The molecule has 3 nitrogen and oxygen atoms in total. The largest absolute Gasteiger partial charge is 0.353 e. The van der Waals surface area contributed by atoms with Gasteiger partial charge in [0.05, 0.1) is 0 Å². The van der Waals surface area contributed by atoms with Crippen molar-refractivity contribution < 1.29 is 9.47 Å². The lowest BCUT2D eigenvalue weighted by atomic mass is 10.0. The van der Waals surface area contributed by atoms with Gasteiger partial charge in [0.2, 0.25) is 0 Å². The maximum atomic E-state index is 5.57. The Labute approximate surface area is 111 Å². The van der Waals surface area contributed by atoms with Gasteiger partial charge in [-0.3, -0.25) is 0 Å². The molecule has 1 N–H and O–H groups in total. The first-order valence-corrected chi connectivity index (χ1v) is 7.81. The smallest absolute Gasteiger partial charge is 0.158 e. The number of nitrogens with one attached hydrogen (secondary N) is 1. The van der Waals surface area contributed by atoms with Crippen molar-refractivity contribution in [3.63, 3.8) is 0 Å². The van der Waals surface area contributed by atoms with Gasteiger partial charge in [-0.1, -0.05) is 0 Å². The van der Waals surface area contributed by atoms with Crippen molar-refractivity contribution in [1.82, 2.24) is 5.32 Å². The highest BCUT2D eigenvalue weighted by atomic mass is 16.7. The maximum Gasteiger partial charge on any atom is 0.158 e. The van der Waals surface area contributed by atoms with Crippen molar-refractivity contribution in [1.29, 1.82) is 0 Å². The second kappa shape index (κ2) is 5.48. The minimum atomic E-state index is -0.0113. The first-order valence-electron chi connectivity index (χ1n) is 7.81. The Bertz CT molecular complexity index is 262. The molecule has 0 aromatic heterocycles. The average molecular weight is 253 g/mol. The van der Waals surface area contributed by atoms with Crippen LogP contribution in [0.2, 0.25) is 0 Å². The highest BCUT2D eigenvalue weighted by Gasteiger charge is 2.64. The van der Waals surface area contributed by atoms with Gasteiger partial charge in [0.15, 0.2) is 6.29 Å². The van der Waals surface area contributed by atoms with Crippen molar-refractivity contribution in [2.75, 3.05) is 19.8 Å². The van der Waals surface area contributed by atoms with E-state index in [-0.39, 0.29) is 6.29 Å². The van der Waals surface area contributed by atoms with E-state index in [2.05, 4.69) is 5.32 Å². The molecule has 104 valence electrons. The van der Waals surface area contributed by atoms with E-state index in [0.29, 0.717) is 0 Å². The van der Waals surface area contributed by atoms with Gasteiger partial charge >= 0.3 is 0 Å². The Kier molecular flexibility index (Phi) is 3.92. The van der Waals surface area contributed by atoms with Crippen LogP contribution in [0.3, 0.4) is 0 Å². The standard InChI is InChI=1S/C15H27NO2/c1-3-17-12(18-4-2)7-8-16-15-13-10-5-6-11(9-10)14(13)15/h10-16H,3-9H2,1-2H3. The number of hydrogen-bond donors (Lipinski definition) is 1. The van der Waals surface area contributed by atoms with E-state index >= 15 is 0 Å². The Morgan fingerprint density at radius 3 is 2.22 bits per heavy atom. The molecule has 3 aliphatic rings. The maximum absolute atomic E-state index is 5.57. The highest BCUT2D eigenvalue weighted by molar-refractivity contribution is 5.16. The molecule has 4 atom stereocenters. The van der Waals surface area contributed by atoms with Crippen LogP contribution in [-0.2, 0) is 9.47 Å². The van der Waals surface area contributed by atoms with Crippen LogP contribution in [0.5, 0.6) is 0 Å². The van der Waals surface area contributed by atoms with Gasteiger partial charge in [-0.15, -0.1) is 0 Å². The lowest BCUT2D eigenvalue weighted by molar-refractivity contribution is -0.138. The monoisotopic (exact) mass is 253 g/mol. The molecular weight excluding hydrogens is 226 g/mol. The van der Waals surface area contributed by atoms with Crippen LogP contribution in [0.1, 0.15) is 39.5 Å². The molecule has 0 heterocycles. The third-order valence-corrected chi connectivity index (χ3v) is 5.20. The number of rotatable bonds is 8. The first-order chi connectivity index (χ1) is 8.85. The van der Waals surface area contributed by atoms with Crippen LogP contribution < -0.4 is 5.32 Å². The van der Waals surface area contributed by atoms with Crippen LogP contribution in [0.15, 0.2) is 0 Å². The van der Waals surface area contributed by atoms with E-state index in [1.165, 1.54) is 19.3 Å². The van der Waals surface area contributed by atoms with Crippen LogP contribution >= 0.6 is 0 Å². The van der Waals surface area contributed by atoms with Crippen molar-refractivity contribution in [2.24, 2.45) is 23.7 Å². The summed E-state index contributed by atoms with van der Waals surface area (Å²) in [5.41, 5.74) is 0. The molecule has 0 radical (unpaired) electrons. The summed E-state index contributed by atoms with van der Waals surface area (Å²) < 4.78 is 11.1. The third-order valence-electron chi connectivity index (χ3n) is 5.20.